The summed E-state index contributed by atoms with van der Waals surface area (Å²) < 4.78 is 0. The van der Waals surface area contributed by atoms with Crippen LogP contribution in [0.4, 0.5) is 5.69 Å². The highest BCUT2D eigenvalue weighted by molar-refractivity contribution is 8.16. The average molecular weight is 243 g/mol. The molecule has 0 bridgehead atoms. The van der Waals surface area contributed by atoms with E-state index in [1.807, 2.05) is 24.3 Å². The Labute approximate surface area is 103 Å². The number of nitrogens with zero attached hydrogens (tertiary/aromatic N) is 3. The lowest BCUT2D eigenvalue weighted by Crippen LogP contribution is -2.19. The molecule has 0 atom stereocenters. The van der Waals surface area contributed by atoms with Gasteiger partial charge in [-0.2, -0.15) is 4.99 Å². The molecule has 0 saturated carbocycles. The van der Waals surface area contributed by atoms with Crippen LogP contribution < -0.4 is 0 Å². The molecule has 17 heavy (non-hydrogen) atoms. The highest BCUT2D eigenvalue weighted by Crippen LogP contribution is 2.35. The number of isocyanates is 1. The number of benzene rings is 1. The molecule has 0 aliphatic carbocycles. The van der Waals surface area contributed by atoms with Crippen molar-refractivity contribution in [2.24, 2.45) is 9.98 Å². The summed E-state index contributed by atoms with van der Waals surface area (Å²) in [6.45, 7) is 1.82. The lowest BCUT2D eigenvalue weighted by Gasteiger charge is -2.16. The molecule has 0 N–H and O–H groups in total. The van der Waals surface area contributed by atoms with Gasteiger partial charge in [-0.25, -0.2) is 4.79 Å². The molecule has 2 aliphatic heterocycles. The smallest absolute Gasteiger partial charge is 0.240 e. The van der Waals surface area contributed by atoms with Crippen LogP contribution >= 0.6 is 11.8 Å². The van der Waals surface area contributed by atoms with Crippen LogP contribution in [0.2, 0.25) is 0 Å². The summed E-state index contributed by atoms with van der Waals surface area (Å²) in [5.74, 6) is 0. The van der Waals surface area contributed by atoms with E-state index >= 15 is 0 Å². The Kier molecular flexibility index (Phi) is 2.55. The van der Waals surface area contributed by atoms with Crippen molar-refractivity contribution in [1.29, 1.82) is 0 Å². The molecule has 2 heterocycles. The Morgan fingerprint density at radius 3 is 2.94 bits per heavy atom. The van der Waals surface area contributed by atoms with Gasteiger partial charge in [0.1, 0.15) is 0 Å². The minimum Gasteiger partial charge on any atom is -0.318 e. The summed E-state index contributed by atoms with van der Waals surface area (Å²) in [5, 5.41) is 3.19. The van der Waals surface area contributed by atoms with E-state index < -0.39 is 0 Å². The molecular formula is C12H9N3OS. The Hall–Kier alpha value is -1.84. The monoisotopic (exact) mass is 243 g/mol. The number of hydrogen-bond donors (Lipinski definition) is 0. The molecule has 0 amide bonds. The van der Waals surface area contributed by atoms with Crippen LogP contribution in [0.3, 0.4) is 0 Å². The Morgan fingerprint density at radius 2 is 2.18 bits per heavy atom. The zero-order chi connectivity index (χ0) is 11.7. The Morgan fingerprint density at radius 1 is 1.35 bits per heavy atom. The van der Waals surface area contributed by atoms with E-state index in [1.165, 1.54) is 11.8 Å². The van der Waals surface area contributed by atoms with Gasteiger partial charge in [-0.1, -0.05) is 23.9 Å². The van der Waals surface area contributed by atoms with Gasteiger partial charge < -0.3 is 4.90 Å². The molecular weight excluding hydrogens is 234 g/mol. The maximum atomic E-state index is 10.1. The molecule has 3 rings (SSSR count). The normalized spacial score (nSPS) is 17.3. The Balaban J connectivity index is 1.90. The molecule has 4 nitrogen and oxygen atoms in total. The second-order valence-electron chi connectivity index (χ2n) is 3.69. The summed E-state index contributed by atoms with van der Waals surface area (Å²) in [7, 11) is 0. The van der Waals surface area contributed by atoms with Crippen LogP contribution in [-0.2, 0) is 4.79 Å². The molecule has 0 fully saturated rings. The number of aliphatic imine (C=N–C) groups is 2. The maximum Gasteiger partial charge on any atom is 0.240 e. The largest absolute Gasteiger partial charge is 0.318 e. The number of rotatable bonds is 2. The molecule has 2 aliphatic rings. The average Bonchev–Trinajstić information content (AvgIpc) is 2.93. The first-order valence-corrected chi connectivity index (χ1v) is 6.13. The highest BCUT2D eigenvalue weighted by Gasteiger charge is 2.26. The third-order valence-electron chi connectivity index (χ3n) is 2.71. The third-order valence-corrected chi connectivity index (χ3v) is 3.61. The van der Waals surface area contributed by atoms with Crippen LogP contribution in [0.15, 0.2) is 39.7 Å². The second-order valence-corrected chi connectivity index (χ2v) is 4.52. The van der Waals surface area contributed by atoms with E-state index in [1.54, 1.807) is 11.8 Å². The number of hydrogen-bond acceptors (Lipinski definition) is 5. The molecule has 0 spiro atoms. The number of carbonyl (C=O) groups excluding carboxylic acids is 1. The standard InChI is InChI=1S/C12H9N3OS/c16-8-14-10-3-1-9(2-4-10)11-7-17-12-13-5-6-15(11)12/h1-4,7H,5-6H2. The van der Waals surface area contributed by atoms with Crippen molar-refractivity contribution >= 4 is 34.4 Å². The van der Waals surface area contributed by atoms with Gasteiger partial charge in [0.25, 0.3) is 0 Å². The van der Waals surface area contributed by atoms with E-state index in [0.29, 0.717) is 5.69 Å². The zero-order valence-electron chi connectivity index (χ0n) is 8.96. The van der Waals surface area contributed by atoms with Gasteiger partial charge in [0, 0.05) is 12.0 Å². The fourth-order valence-electron chi connectivity index (χ4n) is 1.91. The molecule has 1 aromatic carbocycles. The molecule has 0 aromatic heterocycles. The number of amidine groups is 1. The van der Waals surface area contributed by atoms with Crippen molar-refractivity contribution in [3.05, 3.63) is 35.2 Å². The Bertz CT molecular complexity index is 556. The molecule has 0 saturated heterocycles. The maximum absolute atomic E-state index is 10.1. The van der Waals surface area contributed by atoms with Crippen LogP contribution in [0.1, 0.15) is 5.56 Å². The fourth-order valence-corrected chi connectivity index (χ4v) is 2.87. The SMILES string of the molecule is O=C=Nc1ccc(C2=CSC3=NCCN23)cc1. The van der Waals surface area contributed by atoms with E-state index in [0.717, 1.165) is 23.8 Å². The van der Waals surface area contributed by atoms with Gasteiger partial charge in [-0.15, -0.1) is 0 Å². The zero-order valence-corrected chi connectivity index (χ0v) is 9.78. The molecule has 0 unspecified atom stereocenters. The minimum absolute atomic E-state index is 0.630. The second kappa shape index (κ2) is 4.20. The van der Waals surface area contributed by atoms with E-state index in [9.17, 15) is 4.79 Å². The summed E-state index contributed by atoms with van der Waals surface area (Å²) in [6, 6.07) is 7.56. The highest BCUT2D eigenvalue weighted by atomic mass is 32.2. The molecule has 5 heteroatoms. The quantitative estimate of drug-likeness (QED) is 0.591. The van der Waals surface area contributed by atoms with Crippen LogP contribution in [-0.4, -0.2) is 29.2 Å². The van der Waals surface area contributed by atoms with Gasteiger partial charge in [-0.05, 0) is 17.7 Å². The van der Waals surface area contributed by atoms with Crippen LogP contribution in [0.5, 0.6) is 0 Å². The number of fused-ring (bicyclic) bond motifs is 1. The van der Waals surface area contributed by atoms with E-state index in [4.69, 9.17) is 0 Å². The third kappa shape index (κ3) is 1.79. The molecule has 1 aromatic rings. The predicted octanol–water partition coefficient (Wildman–Crippen LogP) is 2.37. The molecule has 0 radical (unpaired) electrons. The first-order chi connectivity index (χ1) is 8.38. The van der Waals surface area contributed by atoms with Crippen LogP contribution in [0.25, 0.3) is 5.70 Å². The number of thioether (sulfide) groups is 1. The predicted molar refractivity (Wildman–Crippen MR) is 68.8 cm³/mol. The van der Waals surface area contributed by atoms with Gasteiger partial charge in [-0.3, -0.25) is 4.99 Å². The lowest BCUT2D eigenvalue weighted by molar-refractivity contribution is 0.565. The van der Waals surface area contributed by atoms with E-state index in [-0.39, 0.29) is 0 Å². The van der Waals surface area contributed by atoms with Crippen molar-refractivity contribution in [1.82, 2.24) is 4.90 Å². The van der Waals surface area contributed by atoms with Crippen molar-refractivity contribution in [2.45, 2.75) is 0 Å². The van der Waals surface area contributed by atoms with Crippen LogP contribution in [0, 0.1) is 0 Å². The van der Waals surface area contributed by atoms with Gasteiger partial charge in [0.15, 0.2) is 5.17 Å². The molecule has 84 valence electrons. The summed E-state index contributed by atoms with van der Waals surface area (Å²) in [6.07, 6.45) is 1.54. The van der Waals surface area contributed by atoms with Gasteiger partial charge in [0.05, 0.1) is 17.9 Å². The summed E-state index contributed by atoms with van der Waals surface area (Å²) in [5.41, 5.74) is 2.92. The van der Waals surface area contributed by atoms with Crippen molar-refractivity contribution in [3.8, 4) is 0 Å². The summed E-state index contributed by atoms with van der Waals surface area (Å²) >= 11 is 1.66. The van der Waals surface area contributed by atoms with Crippen molar-refractivity contribution in [2.75, 3.05) is 13.1 Å². The fraction of sp³-hybridized carbons (Fsp3) is 0.167. The first kappa shape index (κ1) is 10.3. The van der Waals surface area contributed by atoms with Gasteiger partial charge >= 0.3 is 0 Å². The van der Waals surface area contributed by atoms with Crippen molar-refractivity contribution in [3.63, 3.8) is 0 Å². The first-order valence-electron chi connectivity index (χ1n) is 5.25. The van der Waals surface area contributed by atoms with Gasteiger partial charge in [0.2, 0.25) is 6.08 Å². The topological polar surface area (TPSA) is 45.0 Å². The summed E-state index contributed by atoms with van der Waals surface area (Å²) in [4.78, 5) is 20.3. The van der Waals surface area contributed by atoms with Crippen molar-refractivity contribution < 1.29 is 4.79 Å². The van der Waals surface area contributed by atoms with E-state index in [2.05, 4.69) is 20.3 Å². The minimum atomic E-state index is 0.630. The lowest BCUT2D eigenvalue weighted by atomic mass is 10.1.